The van der Waals surface area contributed by atoms with Crippen molar-refractivity contribution in [2.45, 2.75) is 25.7 Å². The first-order valence-corrected chi connectivity index (χ1v) is 10.9. The fourth-order valence-corrected chi connectivity index (χ4v) is 3.56. The van der Waals surface area contributed by atoms with Gasteiger partial charge in [-0.3, -0.25) is 14.4 Å². The Bertz CT molecular complexity index is 1010. The van der Waals surface area contributed by atoms with Gasteiger partial charge in [0.1, 0.15) is 0 Å². The Balaban J connectivity index is 1.57. The van der Waals surface area contributed by atoms with Gasteiger partial charge in [0.25, 0.3) is 11.8 Å². The van der Waals surface area contributed by atoms with Gasteiger partial charge in [0.15, 0.2) is 18.1 Å². The zero-order valence-electron chi connectivity index (χ0n) is 18.7. The highest BCUT2D eigenvalue weighted by molar-refractivity contribution is 6.02. The average molecular weight is 452 g/mol. The van der Waals surface area contributed by atoms with Crippen LogP contribution in [0.2, 0.25) is 0 Å². The van der Waals surface area contributed by atoms with Crippen molar-refractivity contribution in [3.63, 3.8) is 0 Å². The van der Waals surface area contributed by atoms with Crippen LogP contribution in [-0.2, 0) is 9.59 Å². The molecule has 0 spiro atoms. The maximum Gasteiger partial charge on any atom is 0.255 e. The van der Waals surface area contributed by atoms with Gasteiger partial charge in [-0.2, -0.15) is 0 Å². The number of likely N-dealkylation sites (tertiary alicyclic amines) is 1. The molecule has 2 aromatic carbocycles. The Morgan fingerprint density at radius 2 is 1.70 bits per heavy atom. The molecule has 0 saturated carbocycles. The second-order valence-electron chi connectivity index (χ2n) is 7.77. The first kappa shape index (κ1) is 23.8. The van der Waals surface area contributed by atoms with E-state index in [0.717, 1.165) is 25.9 Å². The number of primary amides is 1. The first-order valence-electron chi connectivity index (χ1n) is 10.9. The minimum Gasteiger partial charge on any atom is -0.493 e. The highest BCUT2D eigenvalue weighted by Crippen LogP contribution is 2.28. The maximum absolute atomic E-state index is 12.7. The van der Waals surface area contributed by atoms with Crippen LogP contribution in [0.3, 0.4) is 0 Å². The predicted molar refractivity (Wildman–Crippen MR) is 126 cm³/mol. The number of anilines is 1. The summed E-state index contributed by atoms with van der Waals surface area (Å²) in [6, 6.07) is 12.0. The third kappa shape index (κ3) is 7.10. The molecule has 1 heterocycles. The number of rotatable bonds is 8. The van der Waals surface area contributed by atoms with Gasteiger partial charge in [0.05, 0.1) is 7.11 Å². The third-order valence-corrected chi connectivity index (χ3v) is 5.28. The average Bonchev–Trinajstić information content (AvgIpc) is 3.11. The third-order valence-electron chi connectivity index (χ3n) is 5.28. The van der Waals surface area contributed by atoms with Crippen LogP contribution in [-0.4, -0.2) is 49.4 Å². The van der Waals surface area contributed by atoms with Crippen molar-refractivity contribution < 1.29 is 23.9 Å². The summed E-state index contributed by atoms with van der Waals surface area (Å²) in [6.07, 6.45) is 7.45. The number of methoxy groups -OCH3 is 1. The number of carbonyl (C=O) groups excluding carboxylic acids is 3. The van der Waals surface area contributed by atoms with Gasteiger partial charge in [0, 0.05) is 30.4 Å². The number of hydrogen-bond acceptors (Lipinski definition) is 5. The monoisotopic (exact) mass is 451 g/mol. The molecule has 0 aromatic heterocycles. The minimum absolute atomic E-state index is 0.0341. The van der Waals surface area contributed by atoms with E-state index in [1.54, 1.807) is 48.5 Å². The van der Waals surface area contributed by atoms with Gasteiger partial charge in [-0.05, 0) is 60.9 Å². The summed E-state index contributed by atoms with van der Waals surface area (Å²) in [5, 5.41) is 2.78. The Morgan fingerprint density at radius 3 is 2.33 bits per heavy atom. The smallest absolute Gasteiger partial charge is 0.255 e. The molecule has 1 fully saturated rings. The van der Waals surface area contributed by atoms with E-state index >= 15 is 0 Å². The summed E-state index contributed by atoms with van der Waals surface area (Å²) in [7, 11) is 1.48. The molecule has 1 aliphatic rings. The summed E-state index contributed by atoms with van der Waals surface area (Å²) in [6.45, 7) is 1.34. The largest absolute Gasteiger partial charge is 0.493 e. The second kappa shape index (κ2) is 11.7. The number of nitrogens with zero attached hydrogens (tertiary/aromatic N) is 1. The molecule has 1 saturated heterocycles. The minimum atomic E-state index is -0.586. The summed E-state index contributed by atoms with van der Waals surface area (Å²) in [4.78, 5) is 37.8. The number of hydrogen-bond donors (Lipinski definition) is 2. The van der Waals surface area contributed by atoms with Gasteiger partial charge < -0.3 is 25.4 Å². The predicted octanol–water partition coefficient (Wildman–Crippen LogP) is 3.23. The Morgan fingerprint density at radius 1 is 1.00 bits per heavy atom. The van der Waals surface area contributed by atoms with E-state index in [1.807, 2.05) is 4.90 Å². The Hall–Kier alpha value is -3.81. The highest BCUT2D eigenvalue weighted by atomic mass is 16.5. The number of carbonyl (C=O) groups is 3. The van der Waals surface area contributed by atoms with Crippen molar-refractivity contribution in [2.24, 2.45) is 5.73 Å². The van der Waals surface area contributed by atoms with Crippen LogP contribution in [0.4, 0.5) is 5.69 Å². The summed E-state index contributed by atoms with van der Waals surface area (Å²) < 4.78 is 10.5. The first-order chi connectivity index (χ1) is 16.0. The van der Waals surface area contributed by atoms with Crippen LogP contribution in [0, 0.1) is 0 Å². The number of ether oxygens (including phenoxy) is 2. The van der Waals surface area contributed by atoms with Crippen LogP contribution in [0.15, 0.2) is 48.5 Å². The lowest BCUT2D eigenvalue weighted by atomic mass is 10.1. The zero-order chi connectivity index (χ0) is 23.6. The molecule has 3 amide bonds. The number of benzene rings is 2. The van der Waals surface area contributed by atoms with Crippen molar-refractivity contribution >= 4 is 29.5 Å². The molecule has 0 radical (unpaired) electrons. The summed E-state index contributed by atoms with van der Waals surface area (Å²) in [5.41, 5.74) is 7.03. The van der Waals surface area contributed by atoms with Crippen molar-refractivity contribution in [1.82, 2.24) is 4.90 Å². The van der Waals surface area contributed by atoms with Gasteiger partial charge in [-0.1, -0.05) is 18.9 Å². The zero-order valence-corrected chi connectivity index (χ0v) is 18.7. The summed E-state index contributed by atoms with van der Waals surface area (Å²) >= 11 is 0. The number of nitrogens with one attached hydrogen (secondary N) is 1. The van der Waals surface area contributed by atoms with Gasteiger partial charge in [-0.15, -0.1) is 0 Å². The molecule has 0 atom stereocenters. The van der Waals surface area contributed by atoms with Gasteiger partial charge in [-0.25, -0.2) is 0 Å². The SMILES string of the molecule is COc1cc(C=CC(=O)Nc2ccc(C(=O)N3CCCCCC3)cc2)ccc1OCC(N)=O. The number of amides is 3. The maximum atomic E-state index is 12.7. The van der Waals surface area contributed by atoms with Crippen LogP contribution in [0.25, 0.3) is 6.08 Å². The van der Waals surface area contributed by atoms with Crippen molar-refractivity contribution in [3.05, 3.63) is 59.7 Å². The van der Waals surface area contributed by atoms with E-state index < -0.39 is 5.91 Å². The molecular formula is C25H29N3O5. The molecule has 2 aromatic rings. The standard InChI is InChI=1S/C25H29N3O5/c1-32-22-16-18(6-12-21(22)33-17-23(26)29)7-13-24(30)27-20-10-8-19(9-11-20)25(31)28-14-4-2-3-5-15-28/h6-13,16H,2-5,14-15,17H2,1H3,(H2,26,29)(H,27,30). The van der Waals surface area contributed by atoms with E-state index in [9.17, 15) is 14.4 Å². The lowest BCUT2D eigenvalue weighted by Crippen LogP contribution is -2.31. The lowest BCUT2D eigenvalue weighted by Gasteiger charge is -2.20. The molecule has 0 aliphatic carbocycles. The van der Waals surface area contributed by atoms with Crippen molar-refractivity contribution in [2.75, 3.05) is 32.1 Å². The number of nitrogens with two attached hydrogens (primary N) is 1. The molecule has 8 heteroatoms. The highest BCUT2D eigenvalue weighted by Gasteiger charge is 2.17. The molecule has 8 nitrogen and oxygen atoms in total. The van der Waals surface area contributed by atoms with Crippen LogP contribution in [0.1, 0.15) is 41.6 Å². The van der Waals surface area contributed by atoms with Crippen molar-refractivity contribution in [1.29, 1.82) is 0 Å². The normalized spacial score (nSPS) is 13.9. The molecular weight excluding hydrogens is 422 g/mol. The van der Waals surface area contributed by atoms with E-state index in [1.165, 1.54) is 26.0 Å². The summed E-state index contributed by atoms with van der Waals surface area (Å²) in [5.74, 6) is -0.0604. The topological polar surface area (TPSA) is 111 Å². The molecule has 33 heavy (non-hydrogen) atoms. The Labute approximate surface area is 193 Å². The molecule has 1 aliphatic heterocycles. The van der Waals surface area contributed by atoms with Gasteiger partial charge in [0.2, 0.25) is 5.91 Å². The van der Waals surface area contributed by atoms with E-state index in [2.05, 4.69) is 5.32 Å². The molecule has 0 unspecified atom stereocenters. The van der Waals surface area contributed by atoms with E-state index in [4.69, 9.17) is 15.2 Å². The molecule has 174 valence electrons. The quantitative estimate of drug-likeness (QED) is 0.599. The fraction of sp³-hybridized carbons (Fsp3) is 0.320. The van der Waals surface area contributed by atoms with Gasteiger partial charge >= 0.3 is 0 Å². The van der Waals surface area contributed by atoms with E-state index in [0.29, 0.717) is 28.3 Å². The van der Waals surface area contributed by atoms with Crippen LogP contribution >= 0.6 is 0 Å². The van der Waals surface area contributed by atoms with E-state index in [-0.39, 0.29) is 18.4 Å². The molecule has 3 rings (SSSR count). The Kier molecular flexibility index (Phi) is 8.46. The second-order valence-corrected chi connectivity index (χ2v) is 7.77. The van der Waals surface area contributed by atoms with Crippen molar-refractivity contribution in [3.8, 4) is 11.5 Å². The van der Waals surface area contributed by atoms with Crippen LogP contribution in [0.5, 0.6) is 11.5 Å². The lowest BCUT2D eigenvalue weighted by molar-refractivity contribution is -0.120. The molecule has 0 bridgehead atoms. The van der Waals surface area contributed by atoms with Crippen LogP contribution < -0.4 is 20.5 Å². The molecule has 3 N–H and O–H groups in total. The fourth-order valence-electron chi connectivity index (χ4n) is 3.56.